The van der Waals surface area contributed by atoms with Gasteiger partial charge in [0.2, 0.25) is 0 Å². The van der Waals surface area contributed by atoms with Crippen LogP contribution in [0.5, 0.6) is 0 Å². The predicted molar refractivity (Wildman–Crippen MR) is 77.8 cm³/mol. The highest BCUT2D eigenvalue weighted by Gasteiger charge is 2.14. The van der Waals surface area contributed by atoms with Crippen molar-refractivity contribution in [2.45, 2.75) is 20.3 Å². The van der Waals surface area contributed by atoms with E-state index in [0.717, 1.165) is 19.5 Å². The second-order valence-electron chi connectivity index (χ2n) is 5.19. The normalized spacial score (nSPS) is 11.9. The Bertz CT molecular complexity index is 488. The van der Waals surface area contributed by atoms with Crippen LogP contribution in [0.2, 0.25) is 0 Å². The molecule has 2 nitrogen and oxygen atoms in total. The van der Waals surface area contributed by atoms with E-state index in [1.54, 1.807) is 11.3 Å². The van der Waals surface area contributed by atoms with E-state index < -0.39 is 0 Å². The topological polar surface area (TPSA) is 38.0 Å². The summed E-state index contributed by atoms with van der Waals surface area (Å²) < 4.78 is 1.34. The van der Waals surface area contributed by atoms with Crippen molar-refractivity contribution in [1.82, 2.24) is 0 Å². The molecule has 3 heteroatoms. The summed E-state index contributed by atoms with van der Waals surface area (Å²) in [5.41, 5.74) is 7.20. The molecule has 0 aliphatic carbocycles. The maximum absolute atomic E-state index is 5.73. The zero-order valence-electron chi connectivity index (χ0n) is 10.5. The fourth-order valence-corrected chi connectivity index (χ4v) is 2.67. The van der Waals surface area contributed by atoms with E-state index >= 15 is 0 Å². The Morgan fingerprint density at radius 2 is 2.06 bits per heavy atom. The molecule has 0 amide bonds. The first kappa shape index (κ1) is 12.4. The summed E-state index contributed by atoms with van der Waals surface area (Å²) in [6.45, 7) is 6.13. The highest BCUT2D eigenvalue weighted by Crippen LogP contribution is 2.30. The molecule has 0 radical (unpaired) electrons. The summed E-state index contributed by atoms with van der Waals surface area (Å²) >= 11 is 1.79. The predicted octanol–water partition coefficient (Wildman–Crippen LogP) is 3.69. The quantitative estimate of drug-likeness (QED) is 0.847. The van der Waals surface area contributed by atoms with E-state index in [1.807, 2.05) is 0 Å². The van der Waals surface area contributed by atoms with Crippen LogP contribution >= 0.6 is 11.3 Å². The molecule has 0 fully saturated rings. The summed E-state index contributed by atoms with van der Waals surface area (Å²) in [6.07, 6.45) is 1.09. The van der Waals surface area contributed by atoms with Crippen molar-refractivity contribution in [2.24, 2.45) is 11.1 Å². The Morgan fingerprint density at radius 3 is 2.82 bits per heavy atom. The number of nitrogens with two attached hydrogens (primary N) is 1. The first-order chi connectivity index (χ1) is 8.12. The van der Waals surface area contributed by atoms with Crippen LogP contribution in [0.25, 0.3) is 10.1 Å². The Hall–Kier alpha value is -1.06. The number of anilines is 1. The van der Waals surface area contributed by atoms with Gasteiger partial charge in [0.1, 0.15) is 0 Å². The Labute approximate surface area is 107 Å². The van der Waals surface area contributed by atoms with E-state index in [1.165, 1.54) is 15.8 Å². The summed E-state index contributed by atoms with van der Waals surface area (Å²) in [4.78, 5) is 0. The van der Waals surface area contributed by atoms with Gasteiger partial charge < -0.3 is 11.1 Å². The van der Waals surface area contributed by atoms with E-state index in [9.17, 15) is 0 Å². The molecule has 92 valence electrons. The molecule has 1 heterocycles. The fraction of sp³-hybridized carbons (Fsp3) is 0.429. The average Bonchev–Trinajstić information content (AvgIpc) is 2.73. The third-order valence-corrected chi connectivity index (χ3v) is 4.11. The Kier molecular flexibility index (Phi) is 3.69. The SMILES string of the molecule is CC(C)(CN)CCNc1csc2ccccc12. The van der Waals surface area contributed by atoms with Gasteiger partial charge in [-0.3, -0.25) is 0 Å². The molecule has 1 aromatic carbocycles. The molecule has 17 heavy (non-hydrogen) atoms. The average molecular weight is 248 g/mol. The third kappa shape index (κ3) is 2.99. The summed E-state index contributed by atoms with van der Waals surface area (Å²) in [5, 5.41) is 7.03. The van der Waals surface area contributed by atoms with Gasteiger partial charge in [-0.1, -0.05) is 32.0 Å². The van der Waals surface area contributed by atoms with Crippen molar-refractivity contribution < 1.29 is 0 Å². The lowest BCUT2D eigenvalue weighted by Gasteiger charge is -2.22. The fourth-order valence-electron chi connectivity index (χ4n) is 1.75. The van der Waals surface area contributed by atoms with Gasteiger partial charge in [-0.2, -0.15) is 0 Å². The van der Waals surface area contributed by atoms with Gasteiger partial charge in [0.05, 0.1) is 5.69 Å². The summed E-state index contributed by atoms with van der Waals surface area (Å²) in [5.74, 6) is 0. The minimum absolute atomic E-state index is 0.221. The molecule has 2 rings (SSSR count). The van der Waals surface area contributed by atoms with Crippen LogP contribution in [0, 0.1) is 5.41 Å². The number of hydrogen-bond donors (Lipinski definition) is 2. The van der Waals surface area contributed by atoms with Gasteiger partial charge in [0.15, 0.2) is 0 Å². The smallest absolute Gasteiger partial charge is 0.0528 e. The number of nitrogens with one attached hydrogen (secondary N) is 1. The lowest BCUT2D eigenvalue weighted by Crippen LogP contribution is -2.26. The number of fused-ring (bicyclic) bond motifs is 1. The van der Waals surface area contributed by atoms with Crippen LogP contribution in [0.3, 0.4) is 0 Å². The van der Waals surface area contributed by atoms with Crippen molar-refractivity contribution in [3.05, 3.63) is 29.6 Å². The molecule has 1 aromatic heterocycles. The van der Waals surface area contributed by atoms with E-state index in [2.05, 4.69) is 48.8 Å². The largest absolute Gasteiger partial charge is 0.384 e. The molecular formula is C14H20N2S. The molecular weight excluding hydrogens is 228 g/mol. The molecule has 0 saturated carbocycles. The van der Waals surface area contributed by atoms with Gasteiger partial charge >= 0.3 is 0 Å². The van der Waals surface area contributed by atoms with Gasteiger partial charge in [-0.05, 0) is 24.4 Å². The van der Waals surface area contributed by atoms with Crippen LogP contribution in [-0.2, 0) is 0 Å². The number of hydrogen-bond acceptors (Lipinski definition) is 3. The lowest BCUT2D eigenvalue weighted by atomic mass is 9.90. The van der Waals surface area contributed by atoms with Crippen LogP contribution < -0.4 is 11.1 Å². The first-order valence-electron chi connectivity index (χ1n) is 6.02. The summed E-state index contributed by atoms with van der Waals surface area (Å²) in [6, 6.07) is 8.50. The van der Waals surface area contributed by atoms with E-state index in [0.29, 0.717) is 0 Å². The van der Waals surface area contributed by atoms with Gasteiger partial charge in [-0.25, -0.2) is 0 Å². The van der Waals surface area contributed by atoms with Crippen LogP contribution in [0.4, 0.5) is 5.69 Å². The van der Waals surface area contributed by atoms with Gasteiger partial charge in [0, 0.05) is 22.0 Å². The van der Waals surface area contributed by atoms with Crippen LogP contribution in [0.1, 0.15) is 20.3 Å². The minimum Gasteiger partial charge on any atom is -0.384 e. The maximum Gasteiger partial charge on any atom is 0.0528 e. The zero-order chi connectivity index (χ0) is 12.3. The van der Waals surface area contributed by atoms with Crippen molar-refractivity contribution in [1.29, 1.82) is 0 Å². The van der Waals surface area contributed by atoms with Crippen molar-refractivity contribution >= 4 is 27.1 Å². The number of rotatable bonds is 5. The van der Waals surface area contributed by atoms with Crippen LogP contribution in [-0.4, -0.2) is 13.1 Å². The van der Waals surface area contributed by atoms with Crippen molar-refractivity contribution in [2.75, 3.05) is 18.4 Å². The van der Waals surface area contributed by atoms with E-state index in [-0.39, 0.29) is 5.41 Å². The van der Waals surface area contributed by atoms with Gasteiger partial charge in [0.25, 0.3) is 0 Å². The molecule has 0 aliphatic rings. The van der Waals surface area contributed by atoms with E-state index in [4.69, 9.17) is 5.73 Å². The third-order valence-electron chi connectivity index (χ3n) is 3.15. The highest BCUT2D eigenvalue weighted by molar-refractivity contribution is 7.17. The highest BCUT2D eigenvalue weighted by atomic mass is 32.1. The van der Waals surface area contributed by atoms with Crippen molar-refractivity contribution in [3.8, 4) is 0 Å². The zero-order valence-corrected chi connectivity index (χ0v) is 11.3. The van der Waals surface area contributed by atoms with Gasteiger partial charge in [-0.15, -0.1) is 11.3 Å². The second kappa shape index (κ2) is 5.07. The Balaban J connectivity index is 2.00. The first-order valence-corrected chi connectivity index (χ1v) is 6.90. The molecule has 3 N–H and O–H groups in total. The minimum atomic E-state index is 0.221. The molecule has 0 bridgehead atoms. The Morgan fingerprint density at radius 1 is 1.29 bits per heavy atom. The number of benzene rings is 1. The monoisotopic (exact) mass is 248 g/mol. The molecule has 2 aromatic rings. The molecule has 0 unspecified atom stereocenters. The molecule has 0 aliphatic heterocycles. The molecule has 0 spiro atoms. The van der Waals surface area contributed by atoms with Crippen LogP contribution in [0.15, 0.2) is 29.6 Å². The number of thiophene rings is 1. The molecule has 0 saturated heterocycles. The maximum atomic E-state index is 5.73. The molecule has 0 atom stereocenters. The standard InChI is InChI=1S/C14H20N2S/c1-14(2,10-15)7-8-16-12-9-17-13-6-4-3-5-11(12)13/h3-6,9,16H,7-8,10,15H2,1-2H3. The van der Waals surface area contributed by atoms with Crippen molar-refractivity contribution in [3.63, 3.8) is 0 Å². The summed E-state index contributed by atoms with van der Waals surface area (Å²) in [7, 11) is 0. The lowest BCUT2D eigenvalue weighted by molar-refractivity contribution is 0.358. The second-order valence-corrected chi connectivity index (χ2v) is 6.10.